The standard InChI is InChI=1S/C21H24BrN5O2/c1-14-8-18(22)19(25-10-14)4-2-3-7-23-21-26-12-16(20(29)27-21)9-15-5-6-17(13-28)24-11-15/h5-6,8,10-12,28H,2-4,7,9,13H2,1H3,(H2,23,26,27,29). The monoisotopic (exact) mass is 457 g/mol. The third-order valence-corrected chi connectivity index (χ3v) is 5.19. The van der Waals surface area contributed by atoms with E-state index in [2.05, 4.69) is 47.2 Å². The van der Waals surface area contributed by atoms with Gasteiger partial charge in [0.25, 0.3) is 5.56 Å². The van der Waals surface area contributed by atoms with Gasteiger partial charge in [0.1, 0.15) is 0 Å². The summed E-state index contributed by atoms with van der Waals surface area (Å²) in [4.78, 5) is 28.0. The van der Waals surface area contributed by atoms with Crippen molar-refractivity contribution in [1.82, 2.24) is 19.9 Å². The Morgan fingerprint density at radius 3 is 2.69 bits per heavy atom. The number of rotatable bonds is 9. The summed E-state index contributed by atoms with van der Waals surface area (Å²) in [5.74, 6) is 0.474. The van der Waals surface area contributed by atoms with Crippen molar-refractivity contribution < 1.29 is 5.11 Å². The molecule has 0 unspecified atom stereocenters. The summed E-state index contributed by atoms with van der Waals surface area (Å²) < 4.78 is 1.05. The highest BCUT2D eigenvalue weighted by molar-refractivity contribution is 9.10. The molecule has 0 fully saturated rings. The van der Waals surface area contributed by atoms with Crippen LogP contribution < -0.4 is 10.9 Å². The van der Waals surface area contributed by atoms with Gasteiger partial charge in [-0.3, -0.25) is 19.7 Å². The van der Waals surface area contributed by atoms with E-state index >= 15 is 0 Å². The molecule has 0 aromatic carbocycles. The van der Waals surface area contributed by atoms with E-state index in [9.17, 15) is 4.79 Å². The second-order valence-corrected chi connectivity index (χ2v) is 7.76. The van der Waals surface area contributed by atoms with E-state index in [4.69, 9.17) is 5.11 Å². The normalized spacial score (nSPS) is 10.9. The smallest absolute Gasteiger partial charge is 0.255 e. The fraction of sp³-hybridized carbons (Fsp3) is 0.333. The zero-order valence-corrected chi connectivity index (χ0v) is 17.9. The zero-order valence-electron chi connectivity index (χ0n) is 16.3. The maximum atomic E-state index is 12.3. The highest BCUT2D eigenvalue weighted by atomic mass is 79.9. The van der Waals surface area contributed by atoms with Crippen LogP contribution in [0.25, 0.3) is 0 Å². The molecule has 0 amide bonds. The van der Waals surface area contributed by atoms with Crippen LogP contribution in [0.3, 0.4) is 0 Å². The number of aliphatic hydroxyl groups excluding tert-OH is 1. The molecule has 0 aliphatic heterocycles. The third-order valence-electron chi connectivity index (χ3n) is 4.50. The first-order valence-corrected chi connectivity index (χ1v) is 10.3. The first-order valence-electron chi connectivity index (χ1n) is 9.53. The van der Waals surface area contributed by atoms with Crippen LogP contribution in [-0.2, 0) is 19.4 Å². The molecule has 3 aromatic rings. The van der Waals surface area contributed by atoms with Gasteiger partial charge in [0, 0.05) is 41.6 Å². The van der Waals surface area contributed by atoms with E-state index in [0.29, 0.717) is 23.6 Å². The maximum absolute atomic E-state index is 12.3. The molecule has 0 saturated heterocycles. The number of pyridine rings is 2. The van der Waals surface area contributed by atoms with E-state index in [0.717, 1.165) is 47.1 Å². The fourth-order valence-corrected chi connectivity index (χ4v) is 3.54. The first kappa shape index (κ1) is 21.1. The topological polar surface area (TPSA) is 104 Å². The molecule has 0 bridgehead atoms. The number of nitrogens with one attached hydrogen (secondary N) is 2. The molecule has 7 nitrogen and oxygen atoms in total. The van der Waals surface area contributed by atoms with Crippen LogP contribution in [0.5, 0.6) is 0 Å². The molecule has 0 spiro atoms. The molecule has 0 atom stereocenters. The van der Waals surface area contributed by atoms with Crippen LogP contribution in [0.1, 0.15) is 40.9 Å². The predicted molar refractivity (Wildman–Crippen MR) is 116 cm³/mol. The number of nitrogens with zero attached hydrogens (tertiary/aromatic N) is 3. The van der Waals surface area contributed by atoms with Crippen molar-refractivity contribution in [3.63, 3.8) is 0 Å². The number of halogens is 1. The molecule has 3 aromatic heterocycles. The number of hydrogen-bond acceptors (Lipinski definition) is 6. The average Bonchev–Trinajstić information content (AvgIpc) is 2.71. The van der Waals surface area contributed by atoms with Crippen molar-refractivity contribution in [2.24, 2.45) is 0 Å². The Morgan fingerprint density at radius 1 is 1.14 bits per heavy atom. The zero-order chi connectivity index (χ0) is 20.6. The molecular weight excluding hydrogens is 434 g/mol. The fourth-order valence-electron chi connectivity index (χ4n) is 2.88. The summed E-state index contributed by atoms with van der Waals surface area (Å²) in [6, 6.07) is 5.68. The van der Waals surface area contributed by atoms with Gasteiger partial charge in [0.2, 0.25) is 5.95 Å². The molecule has 3 N–H and O–H groups in total. The number of aryl methyl sites for hydroxylation is 2. The Hall–Kier alpha value is -2.58. The van der Waals surface area contributed by atoms with Gasteiger partial charge in [0.15, 0.2) is 0 Å². The number of aromatic amines is 1. The van der Waals surface area contributed by atoms with E-state index < -0.39 is 0 Å². The van der Waals surface area contributed by atoms with Gasteiger partial charge in [-0.1, -0.05) is 6.07 Å². The quantitative estimate of drug-likeness (QED) is 0.426. The Balaban J connectivity index is 1.46. The first-order chi connectivity index (χ1) is 14.0. The van der Waals surface area contributed by atoms with Crippen molar-refractivity contribution >= 4 is 21.9 Å². The Kier molecular flexibility index (Phi) is 7.48. The summed E-state index contributed by atoms with van der Waals surface area (Å²) in [7, 11) is 0. The Labute approximate surface area is 177 Å². The highest BCUT2D eigenvalue weighted by Gasteiger charge is 2.06. The molecule has 3 heterocycles. The van der Waals surface area contributed by atoms with Crippen LogP contribution >= 0.6 is 15.9 Å². The van der Waals surface area contributed by atoms with E-state index in [1.807, 2.05) is 19.2 Å². The summed E-state index contributed by atoms with van der Waals surface area (Å²) in [6.45, 7) is 2.65. The molecule has 29 heavy (non-hydrogen) atoms. The number of H-pyrrole nitrogens is 1. The van der Waals surface area contributed by atoms with Crippen LogP contribution in [0.2, 0.25) is 0 Å². The largest absolute Gasteiger partial charge is 0.390 e. The number of aliphatic hydroxyl groups is 1. The molecule has 0 aliphatic carbocycles. The van der Waals surface area contributed by atoms with Crippen molar-refractivity contribution in [2.75, 3.05) is 11.9 Å². The van der Waals surface area contributed by atoms with Crippen molar-refractivity contribution in [3.05, 3.63) is 79.7 Å². The summed E-state index contributed by atoms with van der Waals surface area (Å²) in [6.07, 6.45) is 8.41. The van der Waals surface area contributed by atoms with E-state index in [-0.39, 0.29) is 12.2 Å². The van der Waals surface area contributed by atoms with Crippen LogP contribution in [0.4, 0.5) is 5.95 Å². The summed E-state index contributed by atoms with van der Waals surface area (Å²) >= 11 is 3.56. The van der Waals surface area contributed by atoms with E-state index in [1.54, 1.807) is 18.5 Å². The molecule has 3 rings (SSSR count). The van der Waals surface area contributed by atoms with Crippen LogP contribution in [0, 0.1) is 6.92 Å². The third kappa shape index (κ3) is 6.20. The van der Waals surface area contributed by atoms with Gasteiger partial charge in [-0.25, -0.2) is 4.98 Å². The lowest BCUT2D eigenvalue weighted by molar-refractivity contribution is 0.277. The lowest BCUT2D eigenvalue weighted by Gasteiger charge is -2.07. The van der Waals surface area contributed by atoms with Gasteiger partial charge >= 0.3 is 0 Å². The lowest BCUT2D eigenvalue weighted by atomic mass is 10.1. The molecule has 0 radical (unpaired) electrons. The predicted octanol–water partition coefficient (Wildman–Crippen LogP) is 3.15. The van der Waals surface area contributed by atoms with Crippen molar-refractivity contribution in [3.8, 4) is 0 Å². The van der Waals surface area contributed by atoms with Crippen molar-refractivity contribution in [1.29, 1.82) is 0 Å². The second-order valence-electron chi connectivity index (χ2n) is 6.90. The SMILES string of the molecule is Cc1cnc(CCCCNc2ncc(Cc3ccc(CO)nc3)c(=O)[nH]2)c(Br)c1. The molecule has 0 saturated carbocycles. The van der Waals surface area contributed by atoms with Gasteiger partial charge < -0.3 is 10.4 Å². The van der Waals surface area contributed by atoms with Gasteiger partial charge in [-0.15, -0.1) is 0 Å². The number of anilines is 1. The van der Waals surface area contributed by atoms with Gasteiger partial charge in [-0.2, -0.15) is 0 Å². The molecule has 152 valence electrons. The number of aromatic nitrogens is 4. The Morgan fingerprint density at radius 2 is 2.00 bits per heavy atom. The highest BCUT2D eigenvalue weighted by Crippen LogP contribution is 2.17. The van der Waals surface area contributed by atoms with Crippen LogP contribution in [0.15, 0.2) is 46.1 Å². The summed E-state index contributed by atoms with van der Waals surface area (Å²) in [5.41, 5.74) is 4.11. The van der Waals surface area contributed by atoms with Crippen molar-refractivity contribution in [2.45, 2.75) is 39.2 Å². The van der Waals surface area contributed by atoms with Crippen LogP contribution in [-0.4, -0.2) is 31.6 Å². The molecule has 0 aliphatic rings. The Bertz CT molecular complexity index is 1000. The van der Waals surface area contributed by atoms with E-state index in [1.165, 1.54) is 0 Å². The number of hydrogen-bond donors (Lipinski definition) is 3. The number of unbranched alkanes of at least 4 members (excludes halogenated alkanes) is 1. The average molecular weight is 458 g/mol. The molecular formula is C21H24BrN5O2. The lowest BCUT2D eigenvalue weighted by Crippen LogP contribution is -2.17. The minimum atomic E-state index is -0.165. The molecule has 8 heteroatoms. The van der Waals surface area contributed by atoms with Gasteiger partial charge in [0.05, 0.1) is 18.0 Å². The minimum Gasteiger partial charge on any atom is -0.390 e. The van der Waals surface area contributed by atoms with Gasteiger partial charge in [-0.05, 0) is 65.4 Å². The second kappa shape index (κ2) is 10.3. The minimum absolute atomic E-state index is 0.0956. The maximum Gasteiger partial charge on any atom is 0.255 e. The summed E-state index contributed by atoms with van der Waals surface area (Å²) in [5, 5.41) is 12.2.